The van der Waals surface area contributed by atoms with E-state index in [4.69, 9.17) is 9.84 Å². The van der Waals surface area contributed by atoms with Crippen LogP contribution in [0.2, 0.25) is 0 Å². The number of hydrogen-bond acceptors (Lipinski definition) is 2. The molecule has 1 N–H and O–H groups in total. The molecule has 0 radical (unpaired) electrons. The van der Waals surface area contributed by atoms with E-state index in [9.17, 15) is 4.79 Å². The molecule has 3 nitrogen and oxygen atoms in total. The Morgan fingerprint density at radius 2 is 2.10 bits per heavy atom. The van der Waals surface area contributed by atoms with Crippen LogP contribution in [0, 0.1) is 6.92 Å². The number of rotatable bonds is 4. The highest BCUT2D eigenvalue weighted by molar-refractivity contribution is 5.89. The lowest BCUT2D eigenvalue weighted by Gasteiger charge is -2.11. The smallest absolute Gasteiger partial charge is 0.335 e. The highest BCUT2D eigenvalue weighted by atomic mass is 16.5. The first-order valence-electron chi connectivity index (χ1n) is 7.21. The van der Waals surface area contributed by atoms with Crippen molar-refractivity contribution in [2.24, 2.45) is 0 Å². The standard InChI is InChI=1S/C18H18O3/c1-12-10-13(8-9-15(12)18(19)20)11-21-17-7-3-5-14-4-2-6-16(14)17/h3,5,7-10H,2,4,6,11H2,1H3,(H,19,20). The molecule has 0 saturated heterocycles. The lowest BCUT2D eigenvalue weighted by Crippen LogP contribution is -2.03. The predicted octanol–water partition coefficient (Wildman–Crippen LogP) is 3.76. The third-order valence-corrected chi connectivity index (χ3v) is 4.02. The van der Waals surface area contributed by atoms with Gasteiger partial charge in [0.25, 0.3) is 0 Å². The molecule has 0 saturated carbocycles. The van der Waals surface area contributed by atoms with Crippen LogP contribution in [0.25, 0.3) is 0 Å². The van der Waals surface area contributed by atoms with Crippen LogP contribution in [-0.2, 0) is 19.4 Å². The fraction of sp³-hybridized carbons (Fsp3) is 0.278. The van der Waals surface area contributed by atoms with Crippen molar-refractivity contribution in [1.82, 2.24) is 0 Å². The zero-order chi connectivity index (χ0) is 14.8. The average Bonchev–Trinajstić information content (AvgIpc) is 2.93. The van der Waals surface area contributed by atoms with Crippen LogP contribution in [0.1, 0.15) is 39.0 Å². The van der Waals surface area contributed by atoms with Crippen LogP contribution in [0.5, 0.6) is 5.75 Å². The van der Waals surface area contributed by atoms with Gasteiger partial charge in [-0.25, -0.2) is 4.79 Å². The van der Waals surface area contributed by atoms with Gasteiger partial charge < -0.3 is 9.84 Å². The Balaban J connectivity index is 1.75. The Kier molecular flexibility index (Phi) is 3.65. The Bertz CT molecular complexity index is 689. The van der Waals surface area contributed by atoms with E-state index in [1.54, 1.807) is 6.07 Å². The quantitative estimate of drug-likeness (QED) is 0.928. The van der Waals surface area contributed by atoms with Crippen LogP contribution >= 0.6 is 0 Å². The van der Waals surface area contributed by atoms with Gasteiger partial charge in [0.05, 0.1) is 5.56 Å². The molecule has 0 unspecified atom stereocenters. The van der Waals surface area contributed by atoms with Gasteiger partial charge in [-0.15, -0.1) is 0 Å². The maximum Gasteiger partial charge on any atom is 0.335 e. The molecule has 0 atom stereocenters. The third-order valence-electron chi connectivity index (χ3n) is 4.02. The summed E-state index contributed by atoms with van der Waals surface area (Å²) in [6, 6.07) is 11.6. The summed E-state index contributed by atoms with van der Waals surface area (Å²) in [4.78, 5) is 11.0. The number of hydrogen-bond donors (Lipinski definition) is 1. The molecule has 21 heavy (non-hydrogen) atoms. The molecular weight excluding hydrogens is 264 g/mol. The highest BCUT2D eigenvalue weighted by Gasteiger charge is 2.15. The molecule has 3 heteroatoms. The van der Waals surface area contributed by atoms with E-state index in [-0.39, 0.29) is 0 Å². The van der Waals surface area contributed by atoms with Crippen LogP contribution in [0.3, 0.4) is 0 Å². The first kappa shape index (κ1) is 13.7. The monoisotopic (exact) mass is 282 g/mol. The first-order chi connectivity index (χ1) is 10.1. The largest absolute Gasteiger partial charge is 0.489 e. The fourth-order valence-electron chi connectivity index (χ4n) is 2.94. The highest BCUT2D eigenvalue weighted by Crippen LogP contribution is 2.30. The average molecular weight is 282 g/mol. The Hall–Kier alpha value is -2.29. The summed E-state index contributed by atoms with van der Waals surface area (Å²) in [6.45, 7) is 2.28. The molecule has 0 spiro atoms. The summed E-state index contributed by atoms with van der Waals surface area (Å²) in [5.41, 5.74) is 4.83. The van der Waals surface area contributed by atoms with Crippen molar-refractivity contribution in [1.29, 1.82) is 0 Å². The van der Waals surface area contributed by atoms with Gasteiger partial charge >= 0.3 is 5.97 Å². The lowest BCUT2D eigenvalue weighted by atomic mass is 10.1. The van der Waals surface area contributed by atoms with Gasteiger partial charge in [0.15, 0.2) is 0 Å². The summed E-state index contributed by atoms with van der Waals surface area (Å²) < 4.78 is 5.94. The number of fused-ring (bicyclic) bond motifs is 1. The zero-order valence-electron chi connectivity index (χ0n) is 12.1. The first-order valence-corrected chi connectivity index (χ1v) is 7.21. The maximum absolute atomic E-state index is 11.0. The van der Waals surface area contributed by atoms with Crippen molar-refractivity contribution in [3.8, 4) is 5.75 Å². The van der Waals surface area contributed by atoms with E-state index in [1.807, 2.05) is 31.2 Å². The predicted molar refractivity (Wildman–Crippen MR) is 80.9 cm³/mol. The van der Waals surface area contributed by atoms with Gasteiger partial charge in [0.1, 0.15) is 12.4 Å². The molecule has 0 aromatic heterocycles. The normalized spacial score (nSPS) is 13.0. The minimum Gasteiger partial charge on any atom is -0.489 e. The topological polar surface area (TPSA) is 46.5 Å². The summed E-state index contributed by atoms with van der Waals surface area (Å²) in [7, 11) is 0. The molecule has 0 aliphatic heterocycles. The number of carboxylic acid groups (broad SMARTS) is 1. The van der Waals surface area contributed by atoms with Crippen molar-refractivity contribution in [2.75, 3.05) is 0 Å². The van der Waals surface area contributed by atoms with Crippen molar-refractivity contribution in [3.05, 3.63) is 64.2 Å². The number of ether oxygens (including phenoxy) is 1. The van der Waals surface area contributed by atoms with Crippen LogP contribution in [0.15, 0.2) is 36.4 Å². The van der Waals surface area contributed by atoms with E-state index in [0.29, 0.717) is 12.2 Å². The van der Waals surface area contributed by atoms with Crippen LogP contribution in [-0.4, -0.2) is 11.1 Å². The van der Waals surface area contributed by atoms with E-state index >= 15 is 0 Å². The Morgan fingerprint density at radius 3 is 2.86 bits per heavy atom. The number of aromatic carboxylic acids is 1. The van der Waals surface area contributed by atoms with Crippen molar-refractivity contribution < 1.29 is 14.6 Å². The van der Waals surface area contributed by atoms with E-state index < -0.39 is 5.97 Å². The minimum absolute atomic E-state index is 0.347. The number of aryl methyl sites for hydroxylation is 2. The summed E-state index contributed by atoms with van der Waals surface area (Å²) in [5.74, 6) is 0.0748. The lowest BCUT2D eigenvalue weighted by molar-refractivity contribution is 0.0696. The number of benzene rings is 2. The van der Waals surface area contributed by atoms with Gasteiger partial charge in [0, 0.05) is 0 Å². The van der Waals surface area contributed by atoms with E-state index in [2.05, 4.69) is 6.07 Å². The number of carbonyl (C=O) groups is 1. The molecule has 1 aliphatic rings. The molecule has 1 aliphatic carbocycles. The molecule has 3 rings (SSSR count). The number of carboxylic acids is 1. The zero-order valence-corrected chi connectivity index (χ0v) is 12.1. The maximum atomic E-state index is 11.0. The molecule has 108 valence electrons. The second kappa shape index (κ2) is 5.60. The molecular formula is C18H18O3. The van der Waals surface area contributed by atoms with E-state index in [1.165, 1.54) is 17.5 Å². The van der Waals surface area contributed by atoms with Crippen molar-refractivity contribution in [2.45, 2.75) is 32.8 Å². The minimum atomic E-state index is -0.888. The fourth-order valence-corrected chi connectivity index (χ4v) is 2.94. The third kappa shape index (κ3) is 2.77. The second-order valence-electron chi connectivity index (χ2n) is 5.49. The molecule has 0 heterocycles. The van der Waals surface area contributed by atoms with Crippen molar-refractivity contribution >= 4 is 5.97 Å². The molecule has 0 fully saturated rings. The molecule has 2 aromatic rings. The van der Waals surface area contributed by atoms with Gasteiger partial charge in [-0.3, -0.25) is 0 Å². The van der Waals surface area contributed by atoms with Gasteiger partial charge in [-0.2, -0.15) is 0 Å². The summed E-state index contributed by atoms with van der Waals surface area (Å²) >= 11 is 0. The SMILES string of the molecule is Cc1cc(COc2cccc3c2CCC3)ccc1C(=O)O. The van der Waals surface area contributed by atoms with Gasteiger partial charge in [0.2, 0.25) is 0 Å². The van der Waals surface area contributed by atoms with Crippen LogP contribution < -0.4 is 4.74 Å². The molecule has 2 aromatic carbocycles. The molecule has 0 bridgehead atoms. The molecule has 0 amide bonds. The Labute approximate surface area is 124 Å². The van der Waals surface area contributed by atoms with E-state index in [0.717, 1.165) is 29.7 Å². The summed E-state index contributed by atoms with van der Waals surface area (Å²) in [6.07, 6.45) is 3.42. The van der Waals surface area contributed by atoms with Gasteiger partial charge in [-0.05, 0) is 60.6 Å². The van der Waals surface area contributed by atoms with Crippen molar-refractivity contribution in [3.63, 3.8) is 0 Å². The summed E-state index contributed by atoms with van der Waals surface area (Å²) in [5, 5.41) is 9.04. The Morgan fingerprint density at radius 1 is 1.24 bits per heavy atom. The van der Waals surface area contributed by atoms with Crippen LogP contribution in [0.4, 0.5) is 0 Å². The second-order valence-corrected chi connectivity index (χ2v) is 5.49. The van der Waals surface area contributed by atoms with Gasteiger partial charge in [-0.1, -0.05) is 24.3 Å².